The van der Waals surface area contributed by atoms with Crippen molar-refractivity contribution < 1.29 is 19.1 Å². The summed E-state index contributed by atoms with van der Waals surface area (Å²) in [5, 5.41) is -0.261. The molecule has 5 nitrogen and oxygen atoms in total. The lowest BCUT2D eigenvalue weighted by Crippen LogP contribution is -2.27. The fourth-order valence-electron chi connectivity index (χ4n) is 3.71. The summed E-state index contributed by atoms with van der Waals surface area (Å²) in [5.41, 5.74) is 5.03. The maximum atomic E-state index is 13.0. The van der Waals surface area contributed by atoms with Gasteiger partial charge in [-0.2, -0.15) is 0 Å². The Balaban J connectivity index is 1.51. The first-order valence-electron chi connectivity index (χ1n) is 11.2. The molecule has 174 valence electrons. The Morgan fingerprint density at radius 3 is 2.50 bits per heavy atom. The van der Waals surface area contributed by atoms with Crippen molar-refractivity contribution in [1.29, 1.82) is 0 Å². The van der Waals surface area contributed by atoms with Gasteiger partial charge in [0.25, 0.3) is 11.1 Å². The van der Waals surface area contributed by atoms with Gasteiger partial charge in [-0.3, -0.25) is 14.5 Å². The van der Waals surface area contributed by atoms with Crippen molar-refractivity contribution in [3.63, 3.8) is 0 Å². The van der Waals surface area contributed by atoms with Crippen molar-refractivity contribution in [2.45, 2.75) is 33.9 Å². The van der Waals surface area contributed by atoms with Gasteiger partial charge in [0, 0.05) is 0 Å². The summed E-state index contributed by atoms with van der Waals surface area (Å²) in [5.74, 6) is 0.951. The number of imide groups is 1. The third-order valence-electron chi connectivity index (χ3n) is 5.51. The van der Waals surface area contributed by atoms with Gasteiger partial charge in [-0.1, -0.05) is 60.2 Å². The molecule has 0 bridgehead atoms. The van der Waals surface area contributed by atoms with Gasteiger partial charge in [0.2, 0.25) is 0 Å². The maximum Gasteiger partial charge on any atom is 0.293 e. The Morgan fingerprint density at radius 1 is 0.912 bits per heavy atom. The van der Waals surface area contributed by atoms with E-state index in [0.717, 1.165) is 34.0 Å². The smallest absolute Gasteiger partial charge is 0.293 e. The molecule has 1 saturated heterocycles. The molecule has 0 atom stereocenters. The van der Waals surface area contributed by atoms with E-state index in [2.05, 4.69) is 6.07 Å². The lowest BCUT2D eigenvalue weighted by atomic mass is 10.1. The van der Waals surface area contributed by atoms with E-state index in [0.29, 0.717) is 29.6 Å². The highest BCUT2D eigenvalue weighted by Gasteiger charge is 2.35. The van der Waals surface area contributed by atoms with Crippen LogP contribution in [0, 0.1) is 13.8 Å². The zero-order valence-electron chi connectivity index (χ0n) is 19.5. The van der Waals surface area contributed by atoms with E-state index < -0.39 is 0 Å². The standard InChI is InChI=1S/C28H27NO4S/c1-4-32-25-15-21(12-13-24(25)33-18-22-10-7-8-19(2)14-22)16-26-27(30)29(28(31)34-26)17-23-11-6-5-9-20(23)3/h5-16H,4,17-18H2,1-3H3/b26-16-. The summed E-state index contributed by atoms with van der Waals surface area (Å²) in [6, 6.07) is 21.5. The molecule has 0 unspecified atom stereocenters. The second-order valence-corrected chi connectivity index (χ2v) is 9.10. The van der Waals surface area contributed by atoms with Gasteiger partial charge < -0.3 is 9.47 Å². The number of hydrogen-bond donors (Lipinski definition) is 0. The highest BCUT2D eigenvalue weighted by Crippen LogP contribution is 2.36. The summed E-state index contributed by atoms with van der Waals surface area (Å²) < 4.78 is 11.8. The van der Waals surface area contributed by atoms with Gasteiger partial charge in [-0.15, -0.1) is 0 Å². The van der Waals surface area contributed by atoms with Crippen LogP contribution in [0.2, 0.25) is 0 Å². The summed E-state index contributed by atoms with van der Waals surface area (Å²) in [4.78, 5) is 27.2. The predicted octanol–water partition coefficient (Wildman–Crippen LogP) is 6.52. The van der Waals surface area contributed by atoms with Gasteiger partial charge in [0.1, 0.15) is 6.61 Å². The third-order valence-corrected chi connectivity index (χ3v) is 6.41. The van der Waals surface area contributed by atoms with Crippen molar-refractivity contribution in [3.05, 3.63) is 99.5 Å². The predicted molar refractivity (Wildman–Crippen MR) is 136 cm³/mol. The van der Waals surface area contributed by atoms with Crippen LogP contribution in [-0.4, -0.2) is 22.7 Å². The molecule has 0 saturated carbocycles. The van der Waals surface area contributed by atoms with Crippen LogP contribution in [0.15, 0.2) is 71.6 Å². The molecule has 2 amide bonds. The van der Waals surface area contributed by atoms with Crippen LogP contribution in [0.25, 0.3) is 6.08 Å². The molecule has 0 radical (unpaired) electrons. The molecule has 3 aromatic carbocycles. The monoisotopic (exact) mass is 473 g/mol. The molecule has 0 aromatic heterocycles. The second-order valence-electron chi connectivity index (χ2n) is 8.11. The van der Waals surface area contributed by atoms with Gasteiger partial charge in [-0.05, 0) is 73.0 Å². The van der Waals surface area contributed by atoms with E-state index in [9.17, 15) is 9.59 Å². The number of hydrogen-bond acceptors (Lipinski definition) is 5. The zero-order valence-corrected chi connectivity index (χ0v) is 20.4. The molecular formula is C28H27NO4S. The molecule has 34 heavy (non-hydrogen) atoms. The Labute approximate surface area is 204 Å². The first kappa shape index (κ1) is 23.6. The number of amides is 2. The average Bonchev–Trinajstić information content (AvgIpc) is 3.07. The van der Waals surface area contributed by atoms with Gasteiger partial charge >= 0.3 is 0 Å². The summed E-state index contributed by atoms with van der Waals surface area (Å²) in [6.45, 7) is 7.11. The van der Waals surface area contributed by atoms with E-state index in [1.54, 1.807) is 6.08 Å². The van der Waals surface area contributed by atoms with Crippen molar-refractivity contribution in [1.82, 2.24) is 4.90 Å². The maximum absolute atomic E-state index is 13.0. The number of benzene rings is 3. The number of carbonyl (C=O) groups is 2. The average molecular weight is 474 g/mol. The number of rotatable bonds is 8. The number of ether oxygens (including phenoxy) is 2. The van der Waals surface area contributed by atoms with E-state index in [1.165, 1.54) is 10.5 Å². The molecule has 0 spiro atoms. The van der Waals surface area contributed by atoms with Gasteiger partial charge in [0.05, 0.1) is 18.1 Å². The van der Waals surface area contributed by atoms with Crippen molar-refractivity contribution in [2.75, 3.05) is 6.61 Å². The lowest BCUT2D eigenvalue weighted by Gasteiger charge is -2.14. The summed E-state index contributed by atoms with van der Waals surface area (Å²) >= 11 is 0.960. The molecule has 1 aliphatic rings. The normalized spacial score (nSPS) is 14.7. The molecule has 1 aliphatic heterocycles. The summed E-state index contributed by atoms with van der Waals surface area (Å²) in [7, 11) is 0. The Morgan fingerprint density at radius 2 is 1.74 bits per heavy atom. The first-order valence-corrected chi connectivity index (χ1v) is 12.0. The van der Waals surface area contributed by atoms with Crippen LogP contribution in [0.1, 0.15) is 34.7 Å². The highest BCUT2D eigenvalue weighted by atomic mass is 32.2. The SMILES string of the molecule is CCOc1cc(/C=C2\SC(=O)N(Cc3ccccc3C)C2=O)ccc1OCc1cccc(C)c1. The fourth-order valence-corrected chi connectivity index (χ4v) is 4.55. The quantitative estimate of drug-likeness (QED) is 0.349. The molecular weight excluding hydrogens is 446 g/mol. The van der Waals surface area contributed by atoms with Gasteiger partial charge in [-0.25, -0.2) is 0 Å². The van der Waals surface area contributed by atoms with Crippen molar-refractivity contribution >= 4 is 29.0 Å². The van der Waals surface area contributed by atoms with Crippen LogP contribution < -0.4 is 9.47 Å². The van der Waals surface area contributed by atoms with Crippen LogP contribution in [0.3, 0.4) is 0 Å². The Hall–Kier alpha value is -3.51. The largest absolute Gasteiger partial charge is 0.490 e. The molecule has 0 N–H and O–H groups in total. The van der Waals surface area contributed by atoms with Crippen molar-refractivity contribution in [2.24, 2.45) is 0 Å². The first-order chi connectivity index (χ1) is 16.4. The van der Waals surface area contributed by atoms with Crippen molar-refractivity contribution in [3.8, 4) is 11.5 Å². The number of nitrogens with zero attached hydrogens (tertiary/aromatic N) is 1. The molecule has 1 heterocycles. The van der Waals surface area contributed by atoms with Crippen LogP contribution >= 0.6 is 11.8 Å². The van der Waals surface area contributed by atoms with Crippen LogP contribution in [0.4, 0.5) is 4.79 Å². The Kier molecular flexibility index (Phi) is 7.38. The van der Waals surface area contributed by atoms with E-state index >= 15 is 0 Å². The van der Waals surface area contributed by atoms with Crippen LogP contribution in [-0.2, 0) is 17.9 Å². The minimum absolute atomic E-state index is 0.261. The summed E-state index contributed by atoms with van der Waals surface area (Å²) in [6.07, 6.45) is 1.73. The second kappa shape index (κ2) is 10.6. The zero-order chi connectivity index (χ0) is 24.1. The molecule has 0 aliphatic carbocycles. The van der Waals surface area contributed by atoms with E-state index in [-0.39, 0.29) is 17.7 Å². The molecule has 6 heteroatoms. The number of carbonyl (C=O) groups excluding carboxylic acids is 2. The number of thioether (sulfide) groups is 1. The molecule has 1 fully saturated rings. The highest BCUT2D eigenvalue weighted by molar-refractivity contribution is 8.18. The van der Waals surface area contributed by atoms with E-state index in [1.807, 2.05) is 81.4 Å². The minimum Gasteiger partial charge on any atom is -0.490 e. The third kappa shape index (κ3) is 5.51. The lowest BCUT2D eigenvalue weighted by molar-refractivity contribution is -0.123. The molecule has 4 rings (SSSR count). The van der Waals surface area contributed by atoms with E-state index in [4.69, 9.17) is 9.47 Å². The Bertz CT molecular complexity index is 1250. The fraction of sp³-hybridized carbons (Fsp3) is 0.214. The molecule has 3 aromatic rings. The number of aryl methyl sites for hydroxylation is 2. The van der Waals surface area contributed by atoms with Gasteiger partial charge in [0.15, 0.2) is 11.5 Å². The topological polar surface area (TPSA) is 55.8 Å². The van der Waals surface area contributed by atoms with Crippen LogP contribution in [0.5, 0.6) is 11.5 Å². The minimum atomic E-state index is -0.281.